The highest BCUT2D eigenvalue weighted by molar-refractivity contribution is 14.0. The Kier molecular flexibility index (Phi) is 8.24. The fourth-order valence-corrected chi connectivity index (χ4v) is 3.57. The Bertz CT molecular complexity index is 539. The van der Waals surface area contributed by atoms with Crippen LogP contribution in [0.15, 0.2) is 10.4 Å². The molecule has 2 rings (SSSR count). The van der Waals surface area contributed by atoms with Gasteiger partial charge in [0.15, 0.2) is 11.7 Å². The molecule has 1 heterocycles. The molecule has 2 N–H and O–H groups in total. The first-order chi connectivity index (χ1) is 10.8. The molecule has 1 fully saturated rings. The second-order valence-electron chi connectivity index (χ2n) is 6.24. The third-order valence-electron chi connectivity index (χ3n) is 4.19. The summed E-state index contributed by atoms with van der Waals surface area (Å²) in [5, 5.41) is 7.97. The largest absolute Gasteiger partial charge is 0.434 e. The molecule has 138 valence electrons. The average molecular weight is 476 g/mol. The van der Waals surface area contributed by atoms with Crippen LogP contribution in [0, 0.1) is 5.41 Å². The minimum Gasteiger partial charge on any atom is -0.356 e. The van der Waals surface area contributed by atoms with Crippen molar-refractivity contribution in [3.05, 3.63) is 16.1 Å². The molecule has 0 bridgehead atoms. The van der Waals surface area contributed by atoms with E-state index in [1.54, 1.807) is 7.05 Å². The van der Waals surface area contributed by atoms with E-state index in [2.05, 4.69) is 27.5 Å². The number of guanidine groups is 1. The van der Waals surface area contributed by atoms with Crippen molar-refractivity contribution in [2.45, 2.75) is 45.2 Å². The summed E-state index contributed by atoms with van der Waals surface area (Å²) in [6.07, 6.45) is 1.06. The van der Waals surface area contributed by atoms with Crippen molar-refractivity contribution in [2.24, 2.45) is 10.4 Å². The number of alkyl halides is 3. The number of rotatable bonds is 5. The lowest BCUT2D eigenvalue weighted by Gasteiger charge is -2.25. The first-order valence-electron chi connectivity index (χ1n) is 7.78. The number of hydrogen-bond acceptors (Lipinski definition) is 3. The lowest BCUT2D eigenvalue weighted by molar-refractivity contribution is -0.140. The first-order valence-corrected chi connectivity index (χ1v) is 8.66. The zero-order valence-electron chi connectivity index (χ0n) is 13.9. The molecule has 0 saturated heterocycles. The van der Waals surface area contributed by atoms with Gasteiger partial charge in [0, 0.05) is 31.9 Å². The number of thiazole rings is 1. The third kappa shape index (κ3) is 6.38. The van der Waals surface area contributed by atoms with E-state index in [-0.39, 0.29) is 24.0 Å². The molecule has 0 spiro atoms. The van der Waals surface area contributed by atoms with Crippen LogP contribution in [0.4, 0.5) is 13.2 Å². The lowest BCUT2D eigenvalue weighted by atomic mass is 9.89. The van der Waals surface area contributed by atoms with E-state index in [9.17, 15) is 13.2 Å². The molecule has 1 aromatic heterocycles. The fraction of sp³-hybridized carbons (Fsp3) is 0.733. The highest BCUT2D eigenvalue weighted by atomic mass is 127. The van der Waals surface area contributed by atoms with Crippen LogP contribution in [0.25, 0.3) is 0 Å². The van der Waals surface area contributed by atoms with Crippen LogP contribution in [0.2, 0.25) is 0 Å². The van der Waals surface area contributed by atoms with Crippen LogP contribution >= 0.6 is 35.3 Å². The van der Waals surface area contributed by atoms with Gasteiger partial charge in [0.05, 0.1) is 5.01 Å². The molecular formula is C15H24F3IN4S. The summed E-state index contributed by atoms with van der Waals surface area (Å²) in [5.41, 5.74) is -0.497. The molecule has 1 aliphatic carbocycles. The zero-order chi connectivity index (χ0) is 16.9. The maximum Gasteiger partial charge on any atom is 0.434 e. The summed E-state index contributed by atoms with van der Waals surface area (Å²) in [6, 6.07) is 0. The summed E-state index contributed by atoms with van der Waals surface area (Å²) < 4.78 is 37.5. The molecule has 0 unspecified atom stereocenters. The van der Waals surface area contributed by atoms with Crippen LogP contribution in [0.3, 0.4) is 0 Å². The van der Waals surface area contributed by atoms with Gasteiger partial charge in [-0.3, -0.25) is 4.99 Å². The van der Waals surface area contributed by atoms with Gasteiger partial charge in [-0.25, -0.2) is 4.98 Å². The van der Waals surface area contributed by atoms with Crippen LogP contribution in [-0.2, 0) is 12.6 Å². The molecule has 1 saturated carbocycles. The van der Waals surface area contributed by atoms with Gasteiger partial charge >= 0.3 is 6.18 Å². The molecule has 0 aliphatic heterocycles. The maximum absolute atomic E-state index is 12.5. The first kappa shape index (κ1) is 21.5. The SMILES string of the molecule is CN=C(NCCc1nc(C(F)(F)F)cs1)NCC1(C)CCCC1.I. The van der Waals surface area contributed by atoms with Crippen LogP contribution in [0.5, 0.6) is 0 Å². The summed E-state index contributed by atoms with van der Waals surface area (Å²) in [6.45, 7) is 3.64. The number of nitrogens with zero attached hydrogens (tertiary/aromatic N) is 2. The van der Waals surface area contributed by atoms with E-state index in [0.717, 1.165) is 23.3 Å². The average Bonchev–Trinajstić information content (AvgIpc) is 3.12. The van der Waals surface area contributed by atoms with Gasteiger partial charge in [-0.05, 0) is 18.3 Å². The molecule has 0 atom stereocenters. The normalized spacial score (nSPS) is 17.5. The van der Waals surface area contributed by atoms with Crippen molar-refractivity contribution in [1.82, 2.24) is 15.6 Å². The molecule has 0 amide bonds. The fourth-order valence-electron chi connectivity index (χ4n) is 2.77. The Hall–Kier alpha value is -0.580. The number of halogens is 4. The van der Waals surface area contributed by atoms with Crippen LogP contribution < -0.4 is 10.6 Å². The predicted molar refractivity (Wildman–Crippen MR) is 102 cm³/mol. The van der Waals surface area contributed by atoms with Gasteiger partial charge in [-0.2, -0.15) is 13.2 Å². The van der Waals surface area contributed by atoms with E-state index in [0.29, 0.717) is 29.3 Å². The van der Waals surface area contributed by atoms with Crippen molar-refractivity contribution in [3.63, 3.8) is 0 Å². The predicted octanol–water partition coefficient (Wildman–Crippen LogP) is 4.07. The molecule has 0 aromatic carbocycles. The van der Waals surface area contributed by atoms with Crippen molar-refractivity contribution in [1.29, 1.82) is 0 Å². The summed E-state index contributed by atoms with van der Waals surface area (Å²) in [5.74, 6) is 0.686. The molecule has 24 heavy (non-hydrogen) atoms. The van der Waals surface area contributed by atoms with E-state index >= 15 is 0 Å². The number of hydrogen-bond donors (Lipinski definition) is 2. The van der Waals surface area contributed by atoms with E-state index < -0.39 is 11.9 Å². The summed E-state index contributed by atoms with van der Waals surface area (Å²) in [7, 11) is 1.69. The minimum atomic E-state index is -4.36. The van der Waals surface area contributed by atoms with Crippen molar-refractivity contribution in [3.8, 4) is 0 Å². The summed E-state index contributed by atoms with van der Waals surface area (Å²) in [4.78, 5) is 7.77. The Morgan fingerprint density at radius 3 is 2.54 bits per heavy atom. The zero-order valence-corrected chi connectivity index (χ0v) is 17.0. The molecule has 9 heteroatoms. The second-order valence-corrected chi connectivity index (χ2v) is 7.19. The van der Waals surface area contributed by atoms with Crippen LogP contribution in [0.1, 0.15) is 43.3 Å². The van der Waals surface area contributed by atoms with Gasteiger partial charge in [0.1, 0.15) is 0 Å². The standard InChI is InChI=1S/C15H23F3N4S.HI/c1-14(6-3-4-7-14)10-21-13(19-2)20-8-5-12-22-11(9-23-12)15(16,17)18;/h9H,3-8,10H2,1-2H3,(H2,19,20,21);1H. The highest BCUT2D eigenvalue weighted by Gasteiger charge is 2.33. The molecule has 1 aromatic rings. The van der Waals surface area contributed by atoms with Gasteiger partial charge in [-0.1, -0.05) is 19.8 Å². The van der Waals surface area contributed by atoms with Crippen molar-refractivity contribution in [2.75, 3.05) is 20.1 Å². The van der Waals surface area contributed by atoms with E-state index in [1.807, 2.05) is 0 Å². The molecular weight excluding hydrogens is 452 g/mol. The minimum absolute atomic E-state index is 0. The van der Waals surface area contributed by atoms with Crippen LogP contribution in [-0.4, -0.2) is 31.1 Å². The summed E-state index contributed by atoms with van der Waals surface area (Å²) >= 11 is 1.04. The topological polar surface area (TPSA) is 49.3 Å². The quantitative estimate of drug-likeness (QED) is 0.383. The molecule has 4 nitrogen and oxygen atoms in total. The van der Waals surface area contributed by atoms with E-state index in [1.165, 1.54) is 25.7 Å². The number of aliphatic imine (C=N–C) groups is 1. The van der Waals surface area contributed by atoms with Gasteiger partial charge < -0.3 is 10.6 Å². The van der Waals surface area contributed by atoms with Gasteiger partial charge in [0.2, 0.25) is 0 Å². The van der Waals surface area contributed by atoms with E-state index in [4.69, 9.17) is 0 Å². The maximum atomic E-state index is 12.5. The van der Waals surface area contributed by atoms with Gasteiger partial charge in [-0.15, -0.1) is 35.3 Å². The smallest absolute Gasteiger partial charge is 0.356 e. The van der Waals surface area contributed by atoms with Crippen molar-refractivity contribution < 1.29 is 13.2 Å². The van der Waals surface area contributed by atoms with Crippen molar-refractivity contribution >= 4 is 41.3 Å². The number of nitrogens with one attached hydrogen (secondary N) is 2. The molecule has 1 aliphatic rings. The Morgan fingerprint density at radius 1 is 1.33 bits per heavy atom. The van der Waals surface area contributed by atoms with Gasteiger partial charge in [0.25, 0.3) is 0 Å². The Labute approximate surface area is 161 Å². The highest BCUT2D eigenvalue weighted by Crippen LogP contribution is 2.36. The second kappa shape index (κ2) is 9.21. The molecule has 0 radical (unpaired) electrons. The number of aromatic nitrogens is 1. The third-order valence-corrected chi connectivity index (χ3v) is 5.10. The lowest BCUT2D eigenvalue weighted by Crippen LogP contribution is -2.42. The monoisotopic (exact) mass is 476 g/mol. The Balaban J connectivity index is 0.00000288. The Morgan fingerprint density at radius 2 is 2.00 bits per heavy atom.